The number of hydrogen-bond donors (Lipinski definition) is 0. The molecular formula is C11H12ClN3. The summed E-state index contributed by atoms with van der Waals surface area (Å²) in [4.78, 5) is 4.44. The third-order valence-corrected chi connectivity index (χ3v) is 2.57. The summed E-state index contributed by atoms with van der Waals surface area (Å²) in [5, 5.41) is 4.30. The smallest absolute Gasteiger partial charge is 0.153 e. The van der Waals surface area contributed by atoms with Crippen molar-refractivity contribution in [2.24, 2.45) is 0 Å². The Kier molecular flexibility index (Phi) is 2.73. The van der Waals surface area contributed by atoms with E-state index in [0.717, 1.165) is 22.8 Å². The highest BCUT2D eigenvalue weighted by Gasteiger charge is 2.03. The van der Waals surface area contributed by atoms with Crippen LogP contribution in [0.15, 0.2) is 24.4 Å². The summed E-state index contributed by atoms with van der Waals surface area (Å²) in [5.41, 5.74) is 3.00. The van der Waals surface area contributed by atoms with Crippen LogP contribution in [-0.4, -0.2) is 14.8 Å². The van der Waals surface area contributed by atoms with Gasteiger partial charge in [-0.2, -0.15) is 5.10 Å². The van der Waals surface area contributed by atoms with E-state index in [1.807, 2.05) is 38.2 Å². The molecule has 0 bridgehead atoms. The SMILES string of the molecule is Cc1ccn(-c2ccc(CCl)c(C)n2)n1. The van der Waals surface area contributed by atoms with Gasteiger partial charge in [-0.3, -0.25) is 0 Å². The molecule has 0 atom stereocenters. The van der Waals surface area contributed by atoms with E-state index in [1.54, 1.807) is 4.68 Å². The lowest BCUT2D eigenvalue weighted by Gasteiger charge is -2.04. The highest BCUT2D eigenvalue weighted by Crippen LogP contribution is 2.12. The lowest BCUT2D eigenvalue weighted by molar-refractivity contribution is 0.824. The summed E-state index contributed by atoms with van der Waals surface area (Å²) in [6.07, 6.45) is 1.90. The monoisotopic (exact) mass is 221 g/mol. The Balaban J connectivity index is 2.42. The zero-order valence-electron chi connectivity index (χ0n) is 8.74. The molecule has 78 valence electrons. The molecule has 2 rings (SSSR count). The number of pyridine rings is 1. The van der Waals surface area contributed by atoms with Crippen LogP contribution in [0.2, 0.25) is 0 Å². The third-order valence-electron chi connectivity index (χ3n) is 2.28. The summed E-state index contributed by atoms with van der Waals surface area (Å²) in [5.74, 6) is 1.33. The van der Waals surface area contributed by atoms with E-state index < -0.39 is 0 Å². The lowest BCUT2D eigenvalue weighted by Crippen LogP contribution is -2.01. The van der Waals surface area contributed by atoms with Gasteiger partial charge in [0.2, 0.25) is 0 Å². The molecule has 0 aliphatic carbocycles. The van der Waals surface area contributed by atoms with Crippen LogP contribution in [0, 0.1) is 13.8 Å². The summed E-state index contributed by atoms with van der Waals surface area (Å²) >= 11 is 5.77. The fourth-order valence-electron chi connectivity index (χ4n) is 1.39. The Morgan fingerprint density at radius 1 is 1.27 bits per heavy atom. The first-order valence-corrected chi connectivity index (χ1v) is 5.29. The van der Waals surface area contributed by atoms with Crippen LogP contribution in [-0.2, 0) is 5.88 Å². The van der Waals surface area contributed by atoms with Crippen molar-refractivity contribution in [1.82, 2.24) is 14.8 Å². The van der Waals surface area contributed by atoms with Crippen LogP contribution >= 0.6 is 11.6 Å². The van der Waals surface area contributed by atoms with Crippen molar-refractivity contribution in [3.05, 3.63) is 41.3 Å². The molecule has 0 N–H and O–H groups in total. The first kappa shape index (κ1) is 10.2. The molecular weight excluding hydrogens is 210 g/mol. The van der Waals surface area contributed by atoms with Crippen LogP contribution in [0.5, 0.6) is 0 Å². The number of aryl methyl sites for hydroxylation is 2. The second kappa shape index (κ2) is 4.03. The molecule has 2 heterocycles. The van der Waals surface area contributed by atoms with Crippen LogP contribution in [0.4, 0.5) is 0 Å². The maximum absolute atomic E-state index is 5.77. The minimum atomic E-state index is 0.497. The number of alkyl halides is 1. The maximum Gasteiger partial charge on any atom is 0.153 e. The average molecular weight is 222 g/mol. The van der Waals surface area contributed by atoms with Gasteiger partial charge in [0.1, 0.15) is 0 Å². The van der Waals surface area contributed by atoms with E-state index in [0.29, 0.717) is 5.88 Å². The molecule has 0 fully saturated rings. The predicted molar refractivity (Wildman–Crippen MR) is 60.4 cm³/mol. The number of rotatable bonds is 2. The first-order chi connectivity index (χ1) is 7.20. The van der Waals surface area contributed by atoms with Gasteiger partial charge in [0.25, 0.3) is 0 Å². The average Bonchev–Trinajstić information content (AvgIpc) is 2.65. The summed E-state index contributed by atoms with van der Waals surface area (Å²) in [6.45, 7) is 3.91. The molecule has 0 unspecified atom stereocenters. The van der Waals surface area contributed by atoms with E-state index in [2.05, 4.69) is 10.1 Å². The van der Waals surface area contributed by atoms with Crippen molar-refractivity contribution in [2.75, 3.05) is 0 Å². The van der Waals surface area contributed by atoms with Gasteiger partial charge < -0.3 is 0 Å². The molecule has 0 aromatic carbocycles. The molecule has 4 heteroatoms. The van der Waals surface area contributed by atoms with Crippen LogP contribution in [0.3, 0.4) is 0 Å². The van der Waals surface area contributed by atoms with Gasteiger partial charge in [0.05, 0.1) is 5.69 Å². The number of nitrogens with zero attached hydrogens (tertiary/aromatic N) is 3. The van der Waals surface area contributed by atoms with Crippen molar-refractivity contribution < 1.29 is 0 Å². The third kappa shape index (κ3) is 2.02. The Morgan fingerprint density at radius 3 is 2.60 bits per heavy atom. The quantitative estimate of drug-likeness (QED) is 0.730. The van der Waals surface area contributed by atoms with Crippen molar-refractivity contribution in [1.29, 1.82) is 0 Å². The second-order valence-electron chi connectivity index (χ2n) is 3.45. The normalized spacial score (nSPS) is 10.6. The molecule has 2 aromatic heterocycles. The predicted octanol–water partition coefficient (Wildman–Crippen LogP) is 2.62. The fraction of sp³-hybridized carbons (Fsp3) is 0.273. The van der Waals surface area contributed by atoms with Gasteiger partial charge >= 0.3 is 0 Å². The molecule has 0 saturated heterocycles. The Bertz CT molecular complexity index is 476. The fourth-order valence-corrected chi connectivity index (χ4v) is 1.67. The van der Waals surface area contributed by atoms with Gasteiger partial charge in [0.15, 0.2) is 5.82 Å². The van der Waals surface area contributed by atoms with Gasteiger partial charge in [-0.15, -0.1) is 11.6 Å². The van der Waals surface area contributed by atoms with Crippen LogP contribution in [0.25, 0.3) is 5.82 Å². The molecule has 0 amide bonds. The van der Waals surface area contributed by atoms with Crippen molar-refractivity contribution in [2.45, 2.75) is 19.7 Å². The van der Waals surface area contributed by atoms with E-state index in [9.17, 15) is 0 Å². The van der Waals surface area contributed by atoms with Gasteiger partial charge in [-0.1, -0.05) is 6.07 Å². The number of hydrogen-bond acceptors (Lipinski definition) is 2. The van der Waals surface area contributed by atoms with E-state index in [1.165, 1.54) is 0 Å². The minimum absolute atomic E-state index is 0.497. The molecule has 0 aliphatic heterocycles. The first-order valence-electron chi connectivity index (χ1n) is 4.76. The zero-order chi connectivity index (χ0) is 10.8. The van der Waals surface area contributed by atoms with Crippen molar-refractivity contribution in [3.8, 4) is 5.82 Å². The molecule has 15 heavy (non-hydrogen) atoms. The second-order valence-corrected chi connectivity index (χ2v) is 3.72. The zero-order valence-corrected chi connectivity index (χ0v) is 9.49. The van der Waals surface area contributed by atoms with E-state index >= 15 is 0 Å². The highest BCUT2D eigenvalue weighted by molar-refractivity contribution is 6.17. The van der Waals surface area contributed by atoms with Crippen LogP contribution < -0.4 is 0 Å². The minimum Gasteiger partial charge on any atom is -0.234 e. The lowest BCUT2D eigenvalue weighted by atomic mass is 10.2. The standard InChI is InChI=1S/C11H12ClN3/c1-8-5-6-15(14-8)11-4-3-10(7-12)9(2)13-11/h3-6H,7H2,1-2H3. The van der Waals surface area contributed by atoms with Gasteiger partial charge in [-0.25, -0.2) is 9.67 Å². The maximum atomic E-state index is 5.77. The highest BCUT2D eigenvalue weighted by atomic mass is 35.5. The van der Waals surface area contributed by atoms with Gasteiger partial charge in [-0.05, 0) is 31.5 Å². The molecule has 2 aromatic rings. The van der Waals surface area contributed by atoms with Crippen molar-refractivity contribution in [3.63, 3.8) is 0 Å². The van der Waals surface area contributed by atoms with Crippen LogP contribution in [0.1, 0.15) is 17.0 Å². The van der Waals surface area contributed by atoms with E-state index in [-0.39, 0.29) is 0 Å². The van der Waals surface area contributed by atoms with Gasteiger partial charge in [0, 0.05) is 17.8 Å². The topological polar surface area (TPSA) is 30.7 Å². The van der Waals surface area contributed by atoms with E-state index in [4.69, 9.17) is 11.6 Å². The summed E-state index contributed by atoms with van der Waals surface area (Å²) in [6, 6.07) is 5.87. The molecule has 3 nitrogen and oxygen atoms in total. The molecule has 0 saturated carbocycles. The number of aromatic nitrogens is 3. The summed E-state index contributed by atoms with van der Waals surface area (Å²) < 4.78 is 1.76. The van der Waals surface area contributed by atoms with Crippen molar-refractivity contribution >= 4 is 11.6 Å². The number of halogens is 1. The Hall–Kier alpha value is -1.35. The summed E-state index contributed by atoms with van der Waals surface area (Å²) in [7, 11) is 0. The molecule has 0 spiro atoms. The molecule has 0 aliphatic rings. The molecule has 0 radical (unpaired) electrons. The largest absolute Gasteiger partial charge is 0.234 e. The Labute approximate surface area is 93.7 Å². The Morgan fingerprint density at radius 2 is 2.07 bits per heavy atom.